The van der Waals surface area contributed by atoms with Gasteiger partial charge < -0.3 is 20.1 Å². The molecule has 42 heavy (non-hydrogen) atoms. The van der Waals surface area contributed by atoms with Crippen LogP contribution in [-0.2, 0) is 37.7 Å². The lowest BCUT2D eigenvalue weighted by atomic mass is 9.98. The van der Waals surface area contributed by atoms with E-state index in [0.29, 0.717) is 24.5 Å². The number of carbonyl (C=O) groups is 2. The highest BCUT2D eigenvalue weighted by Gasteiger charge is 2.43. The number of aryl methyl sites for hydroxylation is 1. The number of rotatable bonds is 9. The summed E-state index contributed by atoms with van der Waals surface area (Å²) in [5, 5.41) is 0. The molecule has 1 aliphatic rings. The molecule has 1 unspecified atom stereocenters. The summed E-state index contributed by atoms with van der Waals surface area (Å²) in [5.41, 5.74) is 9.31. The minimum Gasteiger partial charge on any atom is -0.489 e. The zero-order valence-corrected chi connectivity index (χ0v) is 23.8. The topological polar surface area (TPSA) is 136 Å². The maximum absolute atomic E-state index is 12.9. The van der Waals surface area contributed by atoms with E-state index in [9.17, 15) is 18.0 Å². The molecule has 3 N–H and O–H groups in total. The van der Waals surface area contributed by atoms with E-state index in [1.165, 1.54) is 17.0 Å². The molecule has 0 radical (unpaired) electrons. The fraction of sp³-hybridized carbons (Fsp3) is 0.188. The van der Waals surface area contributed by atoms with Gasteiger partial charge in [-0.05, 0) is 47.9 Å². The number of likely N-dealkylation sites (tertiary alicyclic amines) is 1. The number of nitrogens with two attached hydrogens (primary N) is 1. The van der Waals surface area contributed by atoms with Gasteiger partial charge in [-0.15, -0.1) is 0 Å². The van der Waals surface area contributed by atoms with E-state index in [2.05, 4.69) is 0 Å². The van der Waals surface area contributed by atoms with Crippen molar-refractivity contribution in [3.63, 3.8) is 0 Å². The minimum absolute atomic E-state index is 0.0666. The van der Waals surface area contributed by atoms with Crippen LogP contribution in [-0.4, -0.2) is 42.3 Å². The van der Waals surface area contributed by atoms with E-state index < -0.39 is 28.2 Å². The Morgan fingerprint density at radius 3 is 1.93 bits per heavy atom. The van der Waals surface area contributed by atoms with Gasteiger partial charge in [0.2, 0.25) is 5.91 Å². The molecular formula is C32H32N2O7S. The van der Waals surface area contributed by atoms with Crippen molar-refractivity contribution in [3.8, 4) is 5.75 Å². The van der Waals surface area contributed by atoms with E-state index in [-0.39, 0.29) is 17.4 Å². The first kappa shape index (κ1) is 30.4. The van der Waals surface area contributed by atoms with Gasteiger partial charge in [-0.2, -0.15) is 8.42 Å². The van der Waals surface area contributed by atoms with E-state index in [1.54, 1.807) is 36.4 Å². The van der Waals surface area contributed by atoms with E-state index in [1.807, 2.05) is 67.6 Å². The molecule has 0 spiro atoms. The van der Waals surface area contributed by atoms with Gasteiger partial charge in [0.15, 0.2) is 6.04 Å². The zero-order valence-electron chi connectivity index (χ0n) is 23.0. The van der Waals surface area contributed by atoms with Gasteiger partial charge in [0.25, 0.3) is 10.1 Å². The van der Waals surface area contributed by atoms with E-state index in [0.717, 1.165) is 16.7 Å². The molecule has 0 aromatic heterocycles. The molecular weight excluding hydrogens is 556 g/mol. The van der Waals surface area contributed by atoms with Crippen molar-refractivity contribution in [1.29, 1.82) is 0 Å². The Kier molecular flexibility index (Phi) is 10.1. The molecule has 2 atom stereocenters. The highest BCUT2D eigenvalue weighted by molar-refractivity contribution is 7.85. The van der Waals surface area contributed by atoms with Crippen LogP contribution in [0.25, 0.3) is 0 Å². The molecule has 1 aliphatic heterocycles. The van der Waals surface area contributed by atoms with E-state index >= 15 is 0 Å². The molecule has 10 heteroatoms. The molecule has 218 valence electrons. The second-order valence-electron chi connectivity index (χ2n) is 9.72. The largest absolute Gasteiger partial charge is 0.489 e. The summed E-state index contributed by atoms with van der Waals surface area (Å²) in [5.74, 6) is -0.0660. The highest BCUT2D eigenvalue weighted by atomic mass is 32.2. The van der Waals surface area contributed by atoms with Crippen molar-refractivity contribution >= 4 is 22.0 Å². The van der Waals surface area contributed by atoms with Crippen LogP contribution in [0.5, 0.6) is 5.75 Å². The summed E-state index contributed by atoms with van der Waals surface area (Å²) in [6.07, 6.45) is 0. The third kappa shape index (κ3) is 8.26. The molecule has 5 rings (SSSR count). The van der Waals surface area contributed by atoms with Gasteiger partial charge in [0, 0.05) is 6.54 Å². The molecule has 1 fully saturated rings. The number of ether oxygens (including phenoxy) is 2. The molecule has 1 heterocycles. The molecule has 9 nitrogen and oxygen atoms in total. The molecule has 1 amide bonds. The number of nitrogens with zero attached hydrogens (tertiary/aromatic N) is 1. The van der Waals surface area contributed by atoms with Gasteiger partial charge in [0.1, 0.15) is 25.0 Å². The lowest BCUT2D eigenvalue weighted by Gasteiger charge is -2.40. The maximum atomic E-state index is 12.9. The first-order valence-electron chi connectivity index (χ1n) is 13.2. The van der Waals surface area contributed by atoms with Gasteiger partial charge >= 0.3 is 5.97 Å². The summed E-state index contributed by atoms with van der Waals surface area (Å²) in [6.45, 7) is 2.74. The Labute approximate surface area is 245 Å². The minimum atomic E-state index is -4.02. The summed E-state index contributed by atoms with van der Waals surface area (Å²) in [6, 6.07) is 31.0. The number of hydrogen-bond acceptors (Lipinski definition) is 7. The van der Waals surface area contributed by atoms with Crippen molar-refractivity contribution in [2.24, 2.45) is 5.73 Å². The first-order valence-corrected chi connectivity index (χ1v) is 14.6. The smallest absolute Gasteiger partial charge is 0.333 e. The van der Waals surface area contributed by atoms with Crippen LogP contribution >= 0.6 is 0 Å². The molecule has 4 aromatic carbocycles. The average Bonchev–Trinajstić information content (AvgIpc) is 3.00. The zero-order chi connectivity index (χ0) is 30.1. The van der Waals surface area contributed by atoms with Gasteiger partial charge in [-0.3, -0.25) is 9.35 Å². The summed E-state index contributed by atoms with van der Waals surface area (Å²) >= 11 is 0. The van der Waals surface area contributed by atoms with Crippen molar-refractivity contribution in [2.75, 3.05) is 6.54 Å². The standard InChI is InChI=1S/C25H24N2O4.C7H8O3S/c26-22-15-27(24(22)28)23(25(29)31-17-19-9-5-2-6-10-19)20-11-13-21(14-12-20)30-16-18-7-3-1-4-8-18;1-6-2-4-7(5-3-6)11(8,9)10/h1-14,22-23H,15-17,26H2;2-5H,1H3,(H,8,9,10)/t22-,23?;/m0./s1. The molecule has 4 aromatic rings. The van der Waals surface area contributed by atoms with Crippen LogP contribution in [0.2, 0.25) is 0 Å². The fourth-order valence-electron chi connectivity index (χ4n) is 4.16. The van der Waals surface area contributed by atoms with Crippen LogP contribution in [0.1, 0.15) is 28.3 Å². The lowest BCUT2D eigenvalue weighted by molar-refractivity contribution is -0.163. The van der Waals surface area contributed by atoms with Crippen LogP contribution < -0.4 is 10.5 Å². The van der Waals surface area contributed by atoms with Gasteiger partial charge in [-0.1, -0.05) is 90.5 Å². The second kappa shape index (κ2) is 13.9. The summed E-state index contributed by atoms with van der Waals surface area (Å²) in [4.78, 5) is 26.6. The van der Waals surface area contributed by atoms with Crippen LogP contribution in [0.15, 0.2) is 114 Å². The monoisotopic (exact) mass is 588 g/mol. The van der Waals surface area contributed by atoms with Crippen LogP contribution in [0.4, 0.5) is 0 Å². The maximum Gasteiger partial charge on any atom is 0.333 e. The normalized spacial score (nSPS) is 15.1. The highest BCUT2D eigenvalue weighted by Crippen LogP contribution is 2.29. The fourth-order valence-corrected chi connectivity index (χ4v) is 4.64. The van der Waals surface area contributed by atoms with Crippen molar-refractivity contribution in [2.45, 2.75) is 37.1 Å². The van der Waals surface area contributed by atoms with Crippen molar-refractivity contribution in [3.05, 3.63) is 131 Å². The average molecular weight is 589 g/mol. The van der Waals surface area contributed by atoms with Gasteiger partial charge in [-0.25, -0.2) is 4.79 Å². The predicted octanol–water partition coefficient (Wildman–Crippen LogP) is 4.46. The van der Waals surface area contributed by atoms with Crippen LogP contribution in [0, 0.1) is 6.92 Å². The second-order valence-corrected chi connectivity index (χ2v) is 11.1. The molecule has 0 aliphatic carbocycles. The lowest BCUT2D eigenvalue weighted by Crippen LogP contribution is -2.62. The van der Waals surface area contributed by atoms with Crippen molar-refractivity contribution in [1.82, 2.24) is 4.90 Å². The predicted molar refractivity (Wildman–Crippen MR) is 157 cm³/mol. The SMILES string of the molecule is Cc1ccc(S(=O)(=O)O)cc1.N[C@H]1CN(C(C(=O)OCc2ccccc2)c2ccc(OCc3ccccc3)cc2)C1=O. The number of benzene rings is 4. The Morgan fingerprint density at radius 1 is 0.881 bits per heavy atom. The molecule has 0 bridgehead atoms. The summed E-state index contributed by atoms with van der Waals surface area (Å²) < 4.78 is 40.9. The number of esters is 1. The third-order valence-electron chi connectivity index (χ3n) is 6.52. The quantitative estimate of drug-likeness (QED) is 0.166. The van der Waals surface area contributed by atoms with Crippen LogP contribution in [0.3, 0.4) is 0 Å². The Balaban J connectivity index is 0.000000310. The van der Waals surface area contributed by atoms with E-state index in [4.69, 9.17) is 19.8 Å². The molecule has 1 saturated heterocycles. The Hall–Kier alpha value is -4.51. The number of hydrogen-bond donors (Lipinski definition) is 2. The van der Waals surface area contributed by atoms with Crippen molar-refractivity contribution < 1.29 is 32.0 Å². The number of amides is 1. The van der Waals surface area contributed by atoms with Gasteiger partial charge in [0.05, 0.1) is 4.90 Å². The Morgan fingerprint density at radius 2 is 1.43 bits per heavy atom. The Bertz CT molecular complexity index is 1580. The number of carbonyl (C=O) groups excluding carboxylic acids is 2. The third-order valence-corrected chi connectivity index (χ3v) is 7.38. The first-order chi connectivity index (χ1) is 20.1. The summed E-state index contributed by atoms with van der Waals surface area (Å²) in [7, 11) is -4.02. The molecule has 0 saturated carbocycles. The number of β-lactam (4-membered cyclic amide) rings is 1.